The van der Waals surface area contributed by atoms with E-state index < -0.39 is 0 Å². The SMILES string of the molecule is CC(=O)OCCNc1cccc2c(O)cccc12. The van der Waals surface area contributed by atoms with E-state index in [1.54, 1.807) is 12.1 Å². The van der Waals surface area contributed by atoms with E-state index in [1.807, 2.05) is 24.3 Å². The van der Waals surface area contributed by atoms with Gasteiger partial charge in [-0.25, -0.2) is 0 Å². The van der Waals surface area contributed by atoms with Crippen molar-refractivity contribution in [2.45, 2.75) is 6.92 Å². The Hall–Kier alpha value is -2.23. The number of hydrogen-bond donors (Lipinski definition) is 2. The van der Waals surface area contributed by atoms with Crippen molar-refractivity contribution in [1.29, 1.82) is 0 Å². The zero-order valence-corrected chi connectivity index (χ0v) is 10.1. The van der Waals surface area contributed by atoms with E-state index >= 15 is 0 Å². The molecule has 4 heteroatoms. The Morgan fingerprint density at radius 2 is 1.94 bits per heavy atom. The largest absolute Gasteiger partial charge is 0.507 e. The van der Waals surface area contributed by atoms with Gasteiger partial charge in [-0.1, -0.05) is 24.3 Å². The number of benzene rings is 2. The number of nitrogens with one attached hydrogen (secondary N) is 1. The lowest BCUT2D eigenvalue weighted by molar-refractivity contribution is -0.140. The summed E-state index contributed by atoms with van der Waals surface area (Å²) in [7, 11) is 0. The van der Waals surface area contributed by atoms with Crippen LogP contribution in [-0.4, -0.2) is 24.2 Å². The monoisotopic (exact) mass is 245 g/mol. The molecule has 0 bridgehead atoms. The molecule has 0 saturated carbocycles. The molecule has 0 aromatic heterocycles. The molecule has 0 aliphatic heterocycles. The summed E-state index contributed by atoms with van der Waals surface area (Å²) in [5, 5.41) is 14.7. The van der Waals surface area contributed by atoms with Crippen LogP contribution in [0.2, 0.25) is 0 Å². The maximum Gasteiger partial charge on any atom is 0.302 e. The highest BCUT2D eigenvalue weighted by atomic mass is 16.5. The third kappa shape index (κ3) is 2.71. The minimum absolute atomic E-state index is 0.260. The zero-order valence-electron chi connectivity index (χ0n) is 10.1. The first-order chi connectivity index (χ1) is 8.68. The first-order valence-electron chi connectivity index (χ1n) is 5.76. The standard InChI is InChI=1S/C14H15NO3/c1-10(16)18-9-8-15-13-6-2-5-12-11(13)4-3-7-14(12)17/h2-7,15,17H,8-9H2,1H3. The molecule has 0 unspecified atom stereocenters. The Bertz CT molecular complexity index is 566. The van der Waals surface area contributed by atoms with Gasteiger partial charge in [-0.05, 0) is 12.1 Å². The van der Waals surface area contributed by atoms with Gasteiger partial charge in [0.05, 0.1) is 0 Å². The lowest BCUT2D eigenvalue weighted by Gasteiger charge is -2.10. The molecule has 0 aliphatic rings. The molecule has 4 nitrogen and oxygen atoms in total. The minimum Gasteiger partial charge on any atom is -0.507 e. The van der Waals surface area contributed by atoms with Crippen LogP contribution >= 0.6 is 0 Å². The van der Waals surface area contributed by atoms with Crippen LogP contribution in [0.3, 0.4) is 0 Å². The normalized spacial score (nSPS) is 10.3. The lowest BCUT2D eigenvalue weighted by Crippen LogP contribution is -2.11. The van der Waals surface area contributed by atoms with E-state index in [0.717, 1.165) is 16.5 Å². The molecule has 0 amide bonds. The van der Waals surface area contributed by atoms with Gasteiger partial charge in [0.15, 0.2) is 0 Å². The van der Waals surface area contributed by atoms with Gasteiger partial charge in [0.2, 0.25) is 0 Å². The molecular formula is C14H15NO3. The number of phenols is 1. The van der Waals surface area contributed by atoms with E-state index in [2.05, 4.69) is 5.32 Å². The first kappa shape index (κ1) is 12.2. The topological polar surface area (TPSA) is 58.6 Å². The molecule has 2 N–H and O–H groups in total. The average Bonchev–Trinajstić information content (AvgIpc) is 2.35. The Morgan fingerprint density at radius 3 is 2.72 bits per heavy atom. The average molecular weight is 245 g/mol. The first-order valence-corrected chi connectivity index (χ1v) is 5.76. The summed E-state index contributed by atoms with van der Waals surface area (Å²) in [6.45, 7) is 2.24. The van der Waals surface area contributed by atoms with Crippen molar-refractivity contribution in [3.63, 3.8) is 0 Å². The smallest absolute Gasteiger partial charge is 0.302 e. The van der Waals surface area contributed by atoms with Crippen LogP contribution in [0, 0.1) is 0 Å². The summed E-state index contributed by atoms with van der Waals surface area (Å²) < 4.78 is 4.85. The highest BCUT2D eigenvalue weighted by Crippen LogP contribution is 2.29. The predicted octanol–water partition coefficient (Wildman–Crippen LogP) is 2.52. The zero-order chi connectivity index (χ0) is 13.0. The number of aromatic hydroxyl groups is 1. The van der Waals surface area contributed by atoms with Crippen LogP contribution in [0.25, 0.3) is 10.8 Å². The summed E-state index contributed by atoms with van der Waals surface area (Å²) in [5.74, 6) is -0.0245. The number of carbonyl (C=O) groups excluding carboxylic acids is 1. The summed E-state index contributed by atoms with van der Waals surface area (Å²) in [6, 6.07) is 11.1. The highest BCUT2D eigenvalue weighted by molar-refractivity contribution is 5.97. The maximum absolute atomic E-state index is 10.6. The van der Waals surface area contributed by atoms with Crippen molar-refractivity contribution >= 4 is 22.4 Å². The second kappa shape index (κ2) is 5.40. The Morgan fingerprint density at radius 1 is 1.22 bits per heavy atom. The van der Waals surface area contributed by atoms with Gasteiger partial charge >= 0.3 is 5.97 Å². The summed E-state index contributed by atoms with van der Waals surface area (Å²) in [4.78, 5) is 10.6. The van der Waals surface area contributed by atoms with Crippen LogP contribution < -0.4 is 5.32 Å². The molecule has 2 rings (SSSR count). The molecular weight excluding hydrogens is 230 g/mol. The second-order valence-electron chi connectivity index (χ2n) is 3.94. The Balaban J connectivity index is 2.13. The summed E-state index contributed by atoms with van der Waals surface area (Å²) >= 11 is 0. The molecule has 94 valence electrons. The molecule has 0 radical (unpaired) electrons. The molecule has 0 atom stereocenters. The number of carbonyl (C=O) groups is 1. The van der Waals surface area contributed by atoms with Crippen LogP contribution in [0.4, 0.5) is 5.69 Å². The molecule has 2 aromatic rings. The maximum atomic E-state index is 10.6. The van der Waals surface area contributed by atoms with Crippen molar-refractivity contribution in [3.05, 3.63) is 36.4 Å². The van der Waals surface area contributed by atoms with Crippen LogP contribution in [0.5, 0.6) is 5.75 Å². The second-order valence-corrected chi connectivity index (χ2v) is 3.94. The fourth-order valence-corrected chi connectivity index (χ4v) is 1.83. The van der Waals surface area contributed by atoms with Crippen molar-refractivity contribution in [3.8, 4) is 5.75 Å². The van der Waals surface area contributed by atoms with E-state index in [1.165, 1.54) is 6.92 Å². The molecule has 0 fully saturated rings. The van der Waals surface area contributed by atoms with Gasteiger partial charge in [-0.15, -0.1) is 0 Å². The van der Waals surface area contributed by atoms with E-state index in [-0.39, 0.29) is 11.7 Å². The van der Waals surface area contributed by atoms with E-state index in [0.29, 0.717) is 13.2 Å². The molecule has 18 heavy (non-hydrogen) atoms. The van der Waals surface area contributed by atoms with Gasteiger partial charge in [0.25, 0.3) is 0 Å². The molecule has 0 aliphatic carbocycles. The Kier molecular flexibility index (Phi) is 3.67. The summed E-state index contributed by atoms with van der Waals surface area (Å²) in [6.07, 6.45) is 0. The van der Waals surface area contributed by atoms with Crippen molar-refractivity contribution in [2.75, 3.05) is 18.5 Å². The predicted molar refractivity (Wildman–Crippen MR) is 70.7 cm³/mol. The number of ether oxygens (including phenoxy) is 1. The molecule has 0 heterocycles. The third-order valence-corrected chi connectivity index (χ3v) is 2.62. The number of rotatable bonds is 4. The quantitative estimate of drug-likeness (QED) is 0.642. The third-order valence-electron chi connectivity index (χ3n) is 2.62. The number of fused-ring (bicyclic) bond motifs is 1. The fourth-order valence-electron chi connectivity index (χ4n) is 1.83. The van der Waals surface area contributed by atoms with Gasteiger partial charge in [-0.2, -0.15) is 0 Å². The van der Waals surface area contributed by atoms with E-state index in [9.17, 15) is 9.90 Å². The van der Waals surface area contributed by atoms with Crippen molar-refractivity contribution in [1.82, 2.24) is 0 Å². The summed E-state index contributed by atoms with van der Waals surface area (Å²) in [5.41, 5.74) is 0.913. The van der Waals surface area contributed by atoms with Crippen LogP contribution in [-0.2, 0) is 9.53 Å². The number of anilines is 1. The van der Waals surface area contributed by atoms with Crippen LogP contribution in [0.1, 0.15) is 6.92 Å². The Labute approximate surface area is 105 Å². The number of hydrogen-bond acceptors (Lipinski definition) is 4. The van der Waals surface area contributed by atoms with Crippen molar-refractivity contribution < 1.29 is 14.6 Å². The van der Waals surface area contributed by atoms with Gasteiger partial charge in [0.1, 0.15) is 12.4 Å². The van der Waals surface area contributed by atoms with Gasteiger partial charge < -0.3 is 15.2 Å². The van der Waals surface area contributed by atoms with E-state index in [4.69, 9.17) is 4.74 Å². The van der Waals surface area contributed by atoms with Gasteiger partial charge in [-0.3, -0.25) is 4.79 Å². The van der Waals surface area contributed by atoms with Gasteiger partial charge in [0, 0.05) is 29.9 Å². The lowest BCUT2D eigenvalue weighted by atomic mass is 10.1. The van der Waals surface area contributed by atoms with Crippen LogP contribution in [0.15, 0.2) is 36.4 Å². The molecule has 0 saturated heterocycles. The minimum atomic E-state index is -0.285. The highest BCUT2D eigenvalue weighted by Gasteiger charge is 2.03. The number of phenolic OH excluding ortho intramolecular Hbond substituents is 1. The van der Waals surface area contributed by atoms with Crippen molar-refractivity contribution in [2.24, 2.45) is 0 Å². The fraction of sp³-hybridized carbons (Fsp3) is 0.214. The molecule has 2 aromatic carbocycles. The number of esters is 1. The molecule has 0 spiro atoms.